The van der Waals surface area contributed by atoms with E-state index in [1.807, 2.05) is 6.92 Å². The number of hydrogen-bond acceptors (Lipinski definition) is 5. The van der Waals surface area contributed by atoms with Gasteiger partial charge in [-0.15, -0.1) is 0 Å². The van der Waals surface area contributed by atoms with E-state index in [-0.39, 0.29) is 16.2 Å². The summed E-state index contributed by atoms with van der Waals surface area (Å²) in [5.74, 6) is -1.59. The van der Waals surface area contributed by atoms with Crippen LogP contribution in [-0.2, 0) is 9.84 Å². The number of nitrogens with one attached hydrogen (secondary N) is 1. The molecule has 3 N–H and O–H groups in total. The van der Waals surface area contributed by atoms with Gasteiger partial charge < -0.3 is 11.1 Å². The van der Waals surface area contributed by atoms with Crippen LogP contribution in [0.25, 0.3) is 0 Å². The average Bonchev–Trinajstić information content (AvgIpc) is 2.75. The fourth-order valence-corrected chi connectivity index (χ4v) is 5.03. The largest absolute Gasteiger partial charge is 0.374 e. The van der Waals surface area contributed by atoms with Crippen molar-refractivity contribution in [3.05, 3.63) is 94.8 Å². The zero-order valence-corrected chi connectivity index (χ0v) is 18.3. The first-order chi connectivity index (χ1) is 14.7. The lowest BCUT2D eigenvalue weighted by Gasteiger charge is -2.19. The number of nitrogens with two attached hydrogens (primary N) is 1. The highest BCUT2D eigenvalue weighted by Crippen LogP contribution is 2.36. The summed E-state index contributed by atoms with van der Waals surface area (Å²) in [5, 5.41) is 1.41. The van der Waals surface area contributed by atoms with Crippen molar-refractivity contribution in [2.24, 2.45) is 5.73 Å². The molecule has 9 heteroatoms. The maximum absolute atomic E-state index is 14.7. The van der Waals surface area contributed by atoms with Crippen LogP contribution in [0.3, 0.4) is 0 Å². The first-order valence-electron chi connectivity index (χ1n) is 9.43. The molecule has 1 unspecified atom stereocenters. The lowest BCUT2D eigenvalue weighted by molar-refractivity contribution is 0.568. The predicted octanol–water partition coefficient (Wildman–Crippen LogP) is 3.46. The molecule has 1 heterocycles. The van der Waals surface area contributed by atoms with Crippen LogP contribution in [0, 0.1) is 18.6 Å². The van der Waals surface area contributed by atoms with E-state index >= 15 is 0 Å². The molecular weight excluding hydrogens is 440 g/mol. The minimum atomic E-state index is -4.14. The maximum Gasteiger partial charge on any atom is 0.191 e. The average molecular weight is 462 g/mol. The van der Waals surface area contributed by atoms with E-state index in [1.165, 1.54) is 24.4 Å². The third-order valence-corrected chi connectivity index (χ3v) is 7.07. The van der Waals surface area contributed by atoms with Crippen LogP contribution in [-0.4, -0.2) is 31.5 Å². The summed E-state index contributed by atoms with van der Waals surface area (Å²) in [5.41, 5.74) is 6.61. The molecule has 0 saturated carbocycles. The normalized spacial score (nSPS) is 12.4. The number of pyridine rings is 1. The van der Waals surface area contributed by atoms with Crippen LogP contribution in [0.5, 0.6) is 0 Å². The van der Waals surface area contributed by atoms with Gasteiger partial charge in [0.05, 0.1) is 10.6 Å². The minimum absolute atomic E-state index is 0.0160. The van der Waals surface area contributed by atoms with Crippen molar-refractivity contribution in [2.45, 2.75) is 17.1 Å². The molecule has 0 aliphatic rings. The maximum atomic E-state index is 14.7. The number of hydrogen-bond donors (Lipinski definition) is 2. The van der Waals surface area contributed by atoms with Gasteiger partial charge in [0.15, 0.2) is 9.84 Å². The third-order valence-electron chi connectivity index (χ3n) is 4.65. The fourth-order valence-electron chi connectivity index (χ4n) is 3.05. The second kappa shape index (κ2) is 9.59. The van der Waals surface area contributed by atoms with Crippen LogP contribution in [0.4, 0.5) is 8.78 Å². The number of rotatable bonds is 7. The Morgan fingerprint density at radius 2 is 1.84 bits per heavy atom. The van der Waals surface area contributed by atoms with Crippen molar-refractivity contribution in [3.8, 4) is 0 Å². The van der Waals surface area contributed by atoms with E-state index in [4.69, 9.17) is 18.0 Å². The Hall–Kier alpha value is -2.75. The van der Waals surface area contributed by atoms with Crippen molar-refractivity contribution in [1.29, 1.82) is 0 Å². The van der Waals surface area contributed by atoms with E-state index in [2.05, 4.69) is 10.3 Å². The molecule has 0 saturated heterocycles. The van der Waals surface area contributed by atoms with E-state index in [0.717, 1.165) is 23.8 Å². The topological polar surface area (TPSA) is 85.1 Å². The van der Waals surface area contributed by atoms with Crippen LogP contribution >= 0.6 is 12.2 Å². The SMILES string of the molecule is Cc1ccc(S(=O)(=O)C(c2ccc(C(=S)NCCN)cn2)c2cc(F)ccc2F)cc1. The molecule has 3 aromatic rings. The molecule has 1 atom stereocenters. The summed E-state index contributed by atoms with van der Waals surface area (Å²) in [7, 11) is -4.14. The highest BCUT2D eigenvalue weighted by Gasteiger charge is 2.34. The van der Waals surface area contributed by atoms with Gasteiger partial charge in [-0.25, -0.2) is 17.2 Å². The van der Waals surface area contributed by atoms with E-state index in [9.17, 15) is 17.2 Å². The standard InChI is InChI=1S/C22H21F2N3O2S2/c1-14-2-6-17(7-3-14)31(28,29)21(18-12-16(23)5-8-19(18)24)20-9-4-15(13-27-20)22(30)26-11-10-25/h2-9,12-13,21H,10-11,25H2,1H3,(H,26,30). The zero-order chi connectivity index (χ0) is 22.6. The molecule has 5 nitrogen and oxygen atoms in total. The van der Waals surface area contributed by atoms with Crippen molar-refractivity contribution in [2.75, 3.05) is 13.1 Å². The first kappa shape index (κ1) is 22.9. The summed E-state index contributed by atoms with van der Waals surface area (Å²) in [4.78, 5) is 4.62. The minimum Gasteiger partial charge on any atom is -0.374 e. The zero-order valence-electron chi connectivity index (χ0n) is 16.7. The van der Waals surface area contributed by atoms with Gasteiger partial charge in [0, 0.05) is 30.4 Å². The molecule has 31 heavy (non-hydrogen) atoms. The fraction of sp³-hybridized carbons (Fsp3) is 0.182. The Labute approximate surface area is 185 Å². The number of nitrogens with zero attached hydrogens (tertiary/aromatic N) is 1. The summed E-state index contributed by atoms with van der Waals surface area (Å²) in [6, 6.07) is 11.9. The number of aromatic nitrogens is 1. The molecular formula is C22H21F2N3O2S2. The van der Waals surface area contributed by atoms with Crippen molar-refractivity contribution in [1.82, 2.24) is 10.3 Å². The molecule has 0 fully saturated rings. The van der Waals surface area contributed by atoms with Gasteiger partial charge in [0.25, 0.3) is 0 Å². The lowest BCUT2D eigenvalue weighted by Crippen LogP contribution is -2.28. The second-order valence-electron chi connectivity index (χ2n) is 6.92. The Morgan fingerprint density at radius 3 is 2.45 bits per heavy atom. The van der Waals surface area contributed by atoms with Crippen molar-refractivity contribution < 1.29 is 17.2 Å². The van der Waals surface area contributed by atoms with Gasteiger partial charge in [-0.3, -0.25) is 4.98 Å². The molecule has 0 bridgehead atoms. The molecule has 0 aliphatic carbocycles. The highest BCUT2D eigenvalue weighted by molar-refractivity contribution is 7.91. The van der Waals surface area contributed by atoms with Crippen LogP contribution in [0.1, 0.15) is 27.6 Å². The molecule has 0 aliphatic heterocycles. The number of thiocarbonyl (C=S) groups is 1. The third kappa shape index (κ3) is 5.12. The van der Waals surface area contributed by atoms with Crippen LogP contribution < -0.4 is 11.1 Å². The molecule has 1 aromatic heterocycles. The summed E-state index contributed by atoms with van der Waals surface area (Å²) in [6.07, 6.45) is 1.40. The summed E-state index contributed by atoms with van der Waals surface area (Å²) < 4.78 is 55.6. The van der Waals surface area contributed by atoms with Crippen LogP contribution in [0.2, 0.25) is 0 Å². The smallest absolute Gasteiger partial charge is 0.191 e. The molecule has 162 valence electrons. The lowest BCUT2D eigenvalue weighted by atomic mass is 10.1. The molecule has 0 spiro atoms. The summed E-state index contributed by atoms with van der Waals surface area (Å²) >= 11 is 5.25. The number of benzene rings is 2. The quantitative estimate of drug-likeness (QED) is 0.524. The van der Waals surface area contributed by atoms with Crippen molar-refractivity contribution in [3.63, 3.8) is 0 Å². The highest BCUT2D eigenvalue weighted by atomic mass is 32.2. The van der Waals surface area contributed by atoms with E-state index < -0.39 is 26.7 Å². The Bertz CT molecular complexity index is 1180. The molecule has 0 radical (unpaired) electrons. The monoisotopic (exact) mass is 461 g/mol. The van der Waals surface area contributed by atoms with Gasteiger partial charge in [-0.2, -0.15) is 0 Å². The van der Waals surface area contributed by atoms with Gasteiger partial charge in [0.2, 0.25) is 0 Å². The molecule has 2 aromatic carbocycles. The number of sulfone groups is 1. The van der Waals surface area contributed by atoms with Crippen molar-refractivity contribution >= 4 is 27.0 Å². The molecule has 0 amide bonds. The Balaban J connectivity index is 2.12. The second-order valence-corrected chi connectivity index (χ2v) is 9.36. The Morgan fingerprint density at radius 1 is 1.13 bits per heavy atom. The van der Waals surface area contributed by atoms with Crippen LogP contribution in [0.15, 0.2) is 65.7 Å². The van der Waals surface area contributed by atoms with Gasteiger partial charge in [-0.1, -0.05) is 29.9 Å². The van der Waals surface area contributed by atoms with Gasteiger partial charge in [-0.05, 0) is 49.4 Å². The van der Waals surface area contributed by atoms with E-state index in [1.54, 1.807) is 18.2 Å². The molecule has 3 rings (SSSR count). The van der Waals surface area contributed by atoms with Gasteiger partial charge >= 0.3 is 0 Å². The number of aryl methyl sites for hydroxylation is 1. The summed E-state index contributed by atoms with van der Waals surface area (Å²) in [6.45, 7) is 2.68. The first-order valence-corrected chi connectivity index (χ1v) is 11.4. The Kier molecular flexibility index (Phi) is 7.09. The van der Waals surface area contributed by atoms with E-state index in [0.29, 0.717) is 23.6 Å². The predicted molar refractivity (Wildman–Crippen MR) is 120 cm³/mol. The van der Waals surface area contributed by atoms with Gasteiger partial charge in [0.1, 0.15) is 21.9 Å². The number of halogens is 2.